The van der Waals surface area contributed by atoms with Crippen LogP contribution in [0.25, 0.3) is 0 Å². The molecule has 0 radical (unpaired) electrons. The van der Waals surface area contributed by atoms with Crippen molar-refractivity contribution in [2.24, 2.45) is 40.9 Å². The molecule has 4 saturated carbocycles. The van der Waals surface area contributed by atoms with Crippen molar-refractivity contribution in [2.75, 3.05) is 18.5 Å². The fourth-order valence-electron chi connectivity index (χ4n) is 9.33. The van der Waals surface area contributed by atoms with E-state index in [0.717, 1.165) is 48.6 Å². The summed E-state index contributed by atoms with van der Waals surface area (Å²) in [5, 5.41) is 24.0. The number of ether oxygens (including phenoxy) is 1. The highest BCUT2D eigenvalue weighted by atomic mass is 16.5. The molecule has 35 heavy (non-hydrogen) atoms. The minimum Gasteiger partial charge on any atom is -0.387 e. The monoisotopic (exact) mass is 479 g/mol. The van der Waals surface area contributed by atoms with Gasteiger partial charge in [-0.2, -0.15) is 5.26 Å². The van der Waals surface area contributed by atoms with Crippen LogP contribution in [0.2, 0.25) is 0 Å². The van der Waals surface area contributed by atoms with Gasteiger partial charge in [0.1, 0.15) is 11.8 Å². The zero-order valence-corrected chi connectivity index (χ0v) is 22.0. The molecule has 2 N–H and O–H groups in total. The number of nitrogens with one attached hydrogen (secondary N) is 1. The first-order chi connectivity index (χ1) is 16.9. The molecule has 5 heteroatoms. The summed E-state index contributed by atoms with van der Waals surface area (Å²) in [5.41, 5.74) is 1.33. The fraction of sp³-hybridized carbons (Fsp3) is 0.800. The van der Waals surface area contributed by atoms with E-state index in [9.17, 15) is 5.11 Å². The number of nitriles is 1. The van der Waals surface area contributed by atoms with Gasteiger partial charge in [0.25, 0.3) is 0 Å². The van der Waals surface area contributed by atoms with Gasteiger partial charge >= 0.3 is 0 Å². The number of rotatable bonds is 7. The Bertz CT molecular complexity index is 913. The van der Waals surface area contributed by atoms with Crippen molar-refractivity contribution in [3.8, 4) is 6.07 Å². The zero-order valence-electron chi connectivity index (χ0n) is 22.0. The molecule has 5 rings (SSSR count). The zero-order chi connectivity index (χ0) is 24.6. The van der Waals surface area contributed by atoms with Gasteiger partial charge in [-0.1, -0.05) is 13.8 Å². The van der Waals surface area contributed by atoms with Gasteiger partial charge in [0.15, 0.2) is 0 Å². The van der Waals surface area contributed by atoms with Gasteiger partial charge in [0, 0.05) is 12.6 Å². The molecule has 1 aromatic heterocycles. The number of pyridine rings is 1. The maximum Gasteiger partial charge on any atom is 0.140 e. The Hall–Kier alpha value is -1.64. The van der Waals surface area contributed by atoms with Crippen molar-refractivity contribution >= 4 is 5.69 Å². The van der Waals surface area contributed by atoms with Crippen molar-refractivity contribution in [2.45, 2.75) is 96.6 Å². The Morgan fingerprint density at radius 2 is 1.94 bits per heavy atom. The molecular weight excluding hydrogens is 434 g/mol. The third kappa shape index (κ3) is 4.62. The van der Waals surface area contributed by atoms with Gasteiger partial charge < -0.3 is 15.2 Å². The number of nitrogens with zero attached hydrogens (tertiary/aromatic N) is 2. The van der Waals surface area contributed by atoms with Crippen LogP contribution in [0.15, 0.2) is 18.3 Å². The van der Waals surface area contributed by atoms with E-state index in [1.807, 2.05) is 25.3 Å². The highest BCUT2D eigenvalue weighted by Gasteiger charge is 2.58. The van der Waals surface area contributed by atoms with Crippen LogP contribution in [0.1, 0.15) is 90.7 Å². The van der Waals surface area contributed by atoms with Crippen LogP contribution >= 0.6 is 0 Å². The topological polar surface area (TPSA) is 78.2 Å². The fourth-order valence-corrected chi connectivity index (χ4v) is 9.33. The average Bonchev–Trinajstić information content (AvgIpc) is 3.23. The molecule has 4 fully saturated rings. The number of fused-ring (bicyclic) bond motifs is 5. The van der Waals surface area contributed by atoms with E-state index >= 15 is 0 Å². The molecule has 1 unspecified atom stereocenters. The van der Waals surface area contributed by atoms with Gasteiger partial charge in [-0.15, -0.1) is 0 Å². The summed E-state index contributed by atoms with van der Waals surface area (Å²) < 4.78 is 5.66. The molecule has 0 spiro atoms. The summed E-state index contributed by atoms with van der Waals surface area (Å²) in [7, 11) is 0. The number of aromatic nitrogens is 1. The molecule has 192 valence electrons. The normalized spacial score (nSPS) is 41.2. The van der Waals surface area contributed by atoms with E-state index in [2.05, 4.69) is 30.2 Å². The van der Waals surface area contributed by atoms with Gasteiger partial charge in [-0.05, 0) is 124 Å². The summed E-state index contributed by atoms with van der Waals surface area (Å²) >= 11 is 0. The highest BCUT2D eigenvalue weighted by molar-refractivity contribution is 5.44. The molecule has 0 aromatic carbocycles. The first kappa shape index (κ1) is 25.0. The molecule has 4 aliphatic rings. The van der Waals surface area contributed by atoms with E-state index in [1.54, 1.807) is 0 Å². The summed E-state index contributed by atoms with van der Waals surface area (Å²) in [4.78, 5) is 4.28. The summed E-state index contributed by atoms with van der Waals surface area (Å²) in [6.07, 6.45) is 14.1. The predicted molar refractivity (Wildman–Crippen MR) is 139 cm³/mol. The van der Waals surface area contributed by atoms with Gasteiger partial charge in [0.05, 0.1) is 24.1 Å². The molecule has 0 saturated heterocycles. The van der Waals surface area contributed by atoms with Crippen LogP contribution in [0, 0.1) is 52.3 Å². The molecular formula is C30H45N3O2. The molecule has 1 aromatic rings. The molecule has 0 aliphatic heterocycles. The quantitative estimate of drug-likeness (QED) is 0.488. The van der Waals surface area contributed by atoms with Crippen LogP contribution in [0.5, 0.6) is 0 Å². The first-order valence-corrected chi connectivity index (χ1v) is 14.3. The number of hydrogen-bond donors (Lipinski definition) is 2. The summed E-state index contributed by atoms with van der Waals surface area (Å²) in [6.45, 7) is 8.16. The second-order valence-electron chi connectivity index (χ2n) is 12.5. The minimum atomic E-state index is -0.591. The van der Waals surface area contributed by atoms with Crippen LogP contribution in [-0.4, -0.2) is 34.9 Å². The molecule has 9 atom stereocenters. The Labute approximate surface area is 212 Å². The standard InChI is InChI=1S/C30H45N3O2/c1-4-28(33-22-8-7-21(17-31)32-18-22)27-11-10-26-25-9-6-20-16-30(34,19-35-5-2)15-13-23(20)24(25)12-14-29(26,27)3/h7-8,18,20,23-28,33-34H,4-6,9-16,19H2,1-3H3/t20-,23+,24-,25-,26+,27?,28-,29+,30-/m1/s1. The number of anilines is 1. The Kier molecular flexibility index (Phi) is 7.16. The van der Waals surface area contributed by atoms with E-state index in [0.29, 0.717) is 42.2 Å². The largest absolute Gasteiger partial charge is 0.387 e. The Morgan fingerprint density at radius 3 is 2.66 bits per heavy atom. The predicted octanol–water partition coefficient (Wildman–Crippen LogP) is 6.18. The average molecular weight is 480 g/mol. The summed E-state index contributed by atoms with van der Waals surface area (Å²) in [5.74, 6) is 4.75. The van der Waals surface area contributed by atoms with E-state index in [1.165, 1.54) is 44.9 Å². The lowest BCUT2D eigenvalue weighted by atomic mass is 9.48. The second kappa shape index (κ2) is 10.0. The third-order valence-corrected chi connectivity index (χ3v) is 10.9. The smallest absolute Gasteiger partial charge is 0.140 e. The Morgan fingerprint density at radius 1 is 1.11 bits per heavy atom. The van der Waals surface area contributed by atoms with Crippen molar-refractivity contribution in [1.29, 1.82) is 5.26 Å². The number of hydrogen-bond acceptors (Lipinski definition) is 5. The van der Waals surface area contributed by atoms with E-state index in [4.69, 9.17) is 10.00 Å². The highest BCUT2D eigenvalue weighted by Crippen LogP contribution is 2.65. The third-order valence-electron chi connectivity index (χ3n) is 10.9. The molecule has 0 bridgehead atoms. The number of aliphatic hydroxyl groups is 1. The molecule has 1 heterocycles. The van der Waals surface area contributed by atoms with Gasteiger partial charge in [0.2, 0.25) is 0 Å². The van der Waals surface area contributed by atoms with Gasteiger partial charge in [-0.3, -0.25) is 0 Å². The lowest BCUT2D eigenvalue weighted by Gasteiger charge is -2.57. The summed E-state index contributed by atoms with van der Waals surface area (Å²) in [6, 6.07) is 6.40. The molecule has 0 amide bonds. The SMILES string of the molecule is CCOC[C@@]1(O)CC[C@H]2[C@H](CC[C@@H]3[C@@H]2CC[C@]2(C)C([C@@H](CC)Nc4ccc(C#N)nc4)CC[C@@H]32)C1. The van der Waals surface area contributed by atoms with Crippen LogP contribution in [0.4, 0.5) is 5.69 Å². The lowest BCUT2D eigenvalue weighted by molar-refractivity contribution is -0.128. The van der Waals surface area contributed by atoms with E-state index in [-0.39, 0.29) is 0 Å². The maximum absolute atomic E-state index is 11.1. The molecule has 5 nitrogen and oxygen atoms in total. The molecule has 4 aliphatic carbocycles. The van der Waals surface area contributed by atoms with Crippen molar-refractivity contribution < 1.29 is 9.84 Å². The second-order valence-corrected chi connectivity index (χ2v) is 12.5. The first-order valence-electron chi connectivity index (χ1n) is 14.3. The lowest BCUT2D eigenvalue weighted by Crippen LogP contribution is -2.52. The van der Waals surface area contributed by atoms with Crippen LogP contribution < -0.4 is 5.32 Å². The minimum absolute atomic E-state index is 0.409. The van der Waals surface area contributed by atoms with Gasteiger partial charge in [-0.25, -0.2) is 4.98 Å². The van der Waals surface area contributed by atoms with Crippen molar-refractivity contribution in [1.82, 2.24) is 4.98 Å². The Balaban J connectivity index is 1.27. The van der Waals surface area contributed by atoms with Crippen LogP contribution in [-0.2, 0) is 4.74 Å². The van der Waals surface area contributed by atoms with Crippen molar-refractivity contribution in [3.05, 3.63) is 24.0 Å². The maximum atomic E-state index is 11.1. The van der Waals surface area contributed by atoms with Crippen LogP contribution in [0.3, 0.4) is 0 Å². The van der Waals surface area contributed by atoms with Crippen molar-refractivity contribution in [3.63, 3.8) is 0 Å². The van der Waals surface area contributed by atoms with E-state index < -0.39 is 5.60 Å².